The fourth-order valence-electron chi connectivity index (χ4n) is 5.09. The highest BCUT2D eigenvalue weighted by Crippen LogP contribution is 2.44. The molecule has 0 unspecified atom stereocenters. The van der Waals surface area contributed by atoms with Crippen molar-refractivity contribution in [2.45, 2.75) is 31.7 Å². The molecular formula is C28H34ClN3O7. The number of allylic oxidation sites excluding steroid dienone is 2. The summed E-state index contributed by atoms with van der Waals surface area (Å²) in [7, 11) is 4.17. The first-order valence-corrected chi connectivity index (χ1v) is 13.3. The number of nitrogens with one attached hydrogen (secondary N) is 1. The van der Waals surface area contributed by atoms with E-state index in [1.54, 1.807) is 31.5 Å². The van der Waals surface area contributed by atoms with Gasteiger partial charge in [0.25, 0.3) is 5.91 Å². The molecule has 0 spiro atoms. The number of likely N-dealkylation sites (tertiary alicyclic amines) is 1. The summed E-state index contributed by atoms with van der Waals surface area (Å²) in [5.41, 5.74) is 1.39. The average molecular weight is 560 g/mol. The average Bonchev–Trinajstić information content (AvgIpc) is 3.32. The van der Waals surface area contributed by atoms with E-state index >= 15 is 0 Å². The van der Waals surface area contributed by atoms with E-state index in [9.17, 15) is 14.4 Å². The van der Waals surface area contributed by atoms with Crippen LogP contribution in [0.4, 0.5) is 5.69 Å². The van der Waals surface area contributed by atoms with Crippen molar-refractivity contribution in [2.24, 2.45) is 0 Å². The summed E-state index contributed by atoms with van der Waals surface area (Å²) in [6.45, 7) is 3.88. The zero-order chi connectivity index (χ0) is 27.9. The third kappa shape index (κ3) is 6.29. The second-order valence-corrected chi connectivity index (χ2v) is 9.82. The minimum absolute atomic E-state index is 0.00784. The van der Waals surface area contributed by atoms with Crippen LogP contribution in [0.25, 0.3) is 0 Å². The highest BCUT2D eigenvalue weighted by atomic mass is 35.5. The fraction of sp³-hybridized carbons (Fsp3) is 0.464. The summed E-state index contributed by atoms with van der Waals surface area (Å²) < 4.78 is 21.0. The van der Waals surface area contributed by atoms with Crippen LogP contribution in [0.3, 0.4) is 0 Å². The van der Waals surface area contributed by atoms with Gasteiger partial charge < -0.3 is 34.1 Å². The van der Waals surface area contributed by atoms with Gasteiger partial charge in [-0.1, -0.05) is 17.7 Å². The summed E-state index contributed by atoms with van der Waals surface area (Å²) in [6, 6.07) is 1.59. The molecule has 0 aromatic heterocycles. The molecule has 39 heavy (non-hydrogen) atoms. The van der Waals surface area contributed by atoms with Gasteiger partial charge in [-0.15, -0.1) is 0 Å². The first-order valence-electron chi connectivity index (χ1n) is 12.9. The van der Waals surface area contributed by atoms with Gasteiger partial charge in [-0.2, -0.15) is 0 Å². The van der Waals surface area contributed by atoms with Crippen LogP contribution in [0.2, 0.25) is 5.02 Å². The minimum atomic E-state index is -0.745. The minimum Gasteiger partial charge on any atom is -0.492 e. The van der Waals surface area contributed by atoms with Crippen molar-refractivity contribution in [2.75, 3.05) is 59.1 Å². The number of nitrogens with zero attached hydrogens (tertiary/aromatic N) is 2. The van der Waals surface area contributed by atoms with Crippen LogP contribution in [-0.4, -0.2) is 83.0 Å². The lowest BCUT2D eigenvalue weighted by Crippen LogP contribution is -2.45. The van der Waals surface area contributed by atoms with Crippen molar-refractivity contribution in [1.82, 2.24) is 10.2 Å². The molecule has 11 heteroatoms. The number of hydrogen-bond donors (Lipinski definition) is 1. The van der Waals surface area contributed by atoms with Crippen LogP contribution in [0.1, 0.15) is 35.2 Å². The molecule has 1 N–H and O–H groups in total. The molecule has 4 rings (SSSR count). The number of fused-ring (bicyclic) bond motifs is 1. The molecule has 1 aromatic rings. The van der Waals surface area contributed by atoms with Gasteiger partial charge in [0.05, 0.1) is 42.7 Å². The Kier molecular flexibility index (Phi) is 9.66. The molecule has 10 nitrogen and oxygen atoms in total. The quantitative estimate of drug-likeness (QED) is 0.361. The number of piperidine rings is 1. The van der Waals surface area contributed by atoms with Crippen LogP contribution in [0, 0.1) is 0 Å². The molecule has 3 aliphatic rings. The SMILES string of the molecule is COCCCN1CCC(NC(=O)c2cc(Cl)c(N3C=CC=CC(C(=O)OC)=C3C(=O)OC)c3c2OCC3)CC1. The highest BCUT2D eigenvalue weighted by molar-refractivity contribution is 6.34. The molecule has 0 radical (unpaired) electrons. The summed E-state index contributed by atoms with van der Waals surface area (Å²) in [5.74, 6) is -1.29. The van der Waals surface area contributed by atoms with Gasteiger partial charge >= 0.3 is 11.9 Å². The van der Waals surface area contributed by atoms with Crippen molar-refractivity contribution < 1.29 is 33.3 Å². The van der Waals surface area contributed by atoms with Crippen LogP contribution in [0.5, 0.6) is 5.75 Å². The third-order valence-corrected chi connectivity index (χ3v) is 7.31. The van der Waals surface area contributed by atoms with Crippen molar-refractivity contribution in [3.63, 3.8) is 0 Å². The molecule has 0 saturated carbocycles. The second kappa shape index (κ2) is 13.1. The Bertz CT molecular complexity index is 1200. The van der Waals surface area contributed by atoms with E-state index in [1.165, 1.54) is 25.2 Å². The van der Waals surface area contributed by atoms with Crippen molar-refractivity contribution >= 4 is 35.1 Å². The first kappa shape index (κ1) is 28.7. The number of amides is 1. The lowest BCUT2D eigenvalue weighted by molar-refractivity contribution is -0.139. The Labute approximate surface area is 233 Å². The van der Waals surface area contributed by atoms with Gasteiger partial charge in [0.1, 0.15) is 11.4 Å². The van der Waals surface area contributed by atoms with E-state index in [2.05, 4.69) is 10.2 Å². The number of carbonyl (C=O) groups is 3. The maximum Gasteiger partial charge on any atom is 0.355 e. The van der Waals surface area contributed by atoms with E-state index in [4.69, 9.17) is 30.5 Å². The first-order chi connectivity index (χ1) is 18.9. The Morgan fingerprint density at radius 1 is 1.10 bits per heavy atom. The third-order valence-electron chi connectivity index (χ3n) is 7.02. The van der Waals surface area contributed by atoms with Gasteiger partial charge in [0.2, 0.25) is 0 Å². The Balaban J connectivity index is 1.61. The van der Waals surface area contributed by atoms with E-state index in [1.807, 2.05) is 0 Å². The number of carbonyl (C=O) groups excluding carboxylic acids is 3. The zero-order valence-electron chi connectivity index (χ0n) is 22.5. The molecule has 1 saturated heterocycles. The molecule has 1 amide bonds. The van der Waals surface area contributed by atoms with E-state index in [0.717, 1.165) is 45.5 Å². The molecular weight excluding hydrogens is 526 g/mol. The number of anilines is 1. The van der Waals surface area contributed by atoms with Gasteiger partial charge in [0.15, 0.2) is 0 Å². The number of hydrogen-bond acceptors (Lipinski definition) is 9. The predicted octanol–water partition coefficient (Wildman–Crippen LogP) is 3.00. The van der Waals surface area contributed by atoms with Gasteiger partial charge in [-0.3, -0.25) is 4.79 Å². The van der Waals surface area contributed by atoms with E-state index < -0.39 is 11.9 Å². The maximum absolute atomic E-state index is 13.4. The largest absolute Gasteiger partial charge is 0.492 e. The monoisotopic (exact) mass is 559 g/mol. The normalized spacial score (nSPS) is 17.5. The Morgan fingerprint density at radius 2 is 1.85 bits per heavy atom. The second-order valence-electron chi connectivity index (χ2n) is 9.41. The van der Waals surface area contributed by atoms with Crippen LogP contribution < -0.4 is 15.0 Å². The molecule has 3 aliphatic heterocycles. The standard InChI is InChI=1S/C28H34ClN3O7/c1-36-15-6-11-31-13-8-18(9-14-31)30-26(33)21-17-22(29)23(19-10-16-39-25(19)21)32-12-5-4-7-20(27(34)37-2)24(32)28(35)38-3/h4-5,7,12,17-18H,6,8-11,13-16H2,1-3H3,(H,30,33). The van der Waals surface area contributed by atoms with Crippen molar-refractivity contribution in [1.29, 1.82) is 0 Å². The fourth-order valence-corrected chi connectivity index (χ4v) is 5.40. The maximum atomic E-state index is 13.4. The van der Waals surface area contributed by atoms with Crippen molar-refractivity contribution in [3.8, 4) is 5.75 Å². The van der Waals surface area contributed by atoms with Crippen LogP contribution in [-0.2, 0) is 30.2 Å². The Morgan fingerprint density at radius 3 is 2.54 bits per heavy atom. The topological polar surface area (TPSA) is 107 Å². The molecule has 0 atom stereocenters. The zero-order valence-corrected chi connectivity index (χ0v) is 23.2. The summed E-state index contributed by atoms with van der Waals surface area (Å²) in [5, 5.41) is 3.37. The molecule has 3 heterocycles. The van der Waals surface area contributed by atoms with E-state index in [0.29, 0.717) is 35.6 Å². The predicted molar refractivity (Wildman–Crippen MR) is 146 cm³/mol. The number of ether oxygens (including phenoxy) is 4. The number of methoxy groups -OCH3 is 3. The van der Waals surface area contributed by atoms with Gasteiger partial charge in [-0.05, 0) is 37.5 Å². The van der Waals surface area contributed by atoms with E-state index in [-0.39, 0.29) is 28.2 Å². The van der Waals surface area contributed by atoms with Crippen molar-refractivity contribution in [3.05, 3.63) is 57.9 Å². The lowest BCUT2D eigenvalue weighted by atomic mass is 10.0. The number of rotatable bonds is 9. The lowest BCUT2D eigenvalue weighted by Gasteiger charge is -2.32. The molecule has 1 fully saturated rings. The molecule has 1 aromatic carbocycles. The molecule has 210 valence electrons. The molecule has 0 aliphatic carbocycles. The Hall–Kier alpha value is -3.34. The number of esters is 2. The van der Waals surface area contributed by atoms with Gasteiger partial charge in [0, 0.05) is 57.6 Å². The molecule has 0 bridgehead atoms. The number of halogens is 1. The smallest absolute Gasteiger partial charge is 0.355 e. The summed E-state index contributed by atoms with van der Waals surface area (Å²) in [6.07, 6.45) is 9.52. The van der Waals surface area contributed by atoms with Gasteiger partial charge in [-0.25, -0.2) is 9.59 Å². The van der Waals surface area contributed by atoms with Crippen LogP contribution in [0.15, 0.2) is 41.8 Å². The number of benzene rings is 1. The summed E-state index contributed by atoms with van der Waals surface area (Å²) in [4.78, 5) is 42.7. The summed E-state index contributed by atoms with van der Waals surface area (Å²) >= 11 is 6.80. The highest BCUT2D eigenvalue weighted by Gasteiger charge is 2.34. The van der Waals surface area contributed by atoms with Crippen LogP contribution >= 0.6 is 11.6 Å².